The molecule has 0 saturated heterocycles. The normalized spacial score (nSPS) is 35.5. The van der Waals surface area contributed by atoms with Crippen molar-refractivity contribution < 1.29 is 0 Å². The topological polar surface area (TPSA) is 12.0 Å². The molecule has 1 fully saturated rings. The molecule has 0 radical (unpaired) electrons. The summed E-state index contributed by atoms with van der Waals surface area (Å²) < 4.78 is 0. The highest BCUT2D eigenvalue weighted by Gasteiger charge is 2.40. The summed E-state index contributed by atoms with van der Waals surface area (Å²) in [6, 6.07) is 0.782. The van der Waals surface area contributed by atoms with Gasteiger partial charge in [0.05, 0.1) is 0 Å². The van der Waals surface area contributed by atoms with Crippen LogP contribution in [0.3, 0.4) is 0 Å². The predicted octanol–water partition coefficient (Wildman–Crippen LogP) is 2.98. The lowest BCUT2D eigenvalue weighted by Crippen LogP contribution is -2.50. The summed E-state index contributed by atoms with van der Waals surface area (Å²) in [4.78, 5) is 0. The molecule has 2 aliphatic carbocycles. The molecule has 80 valence electrons. The Kier molecular flexibility index (Phi) is 2.70. The molecule has 1 heteroatoms. The van der Waals surface area contributed by atoms with Gasteiger partial charge in [0.1, 0.15) is 0 Å². The number of hydrogen-bond donors (Lipinski definition) is 1. The van der Waals surface area contributed by atoms with Crippen LogP contribution < -0.4 is 5.32 Å². The zero-order valence-electron chi connectivity index (χ0n) is 9.72. The van der Waals surface area contributed by atoms with E-state index in [9.17, 15) is 0 Å². The molecular formula is C13H23N. The maximum Gasteiger partial charge on any atom is 0.0136 e. The SMILES string of the molecule is CCC(C)(C)CNC1CC2CC=CC21. The van der Waals surface area contributed by atoms with Crippen LogP contribution in [0.5, 0.6) is 0 Å². The van der Waals surface area contributed by atoms with Crippen molar-refractivity contribution in [2.45, 2.75) is 46.1 Å². The third-order valence-corrected chi connectivity index (χ3v) is 4.16. The molecule has 0 aromatic heterocycles. The van der Waals surface area contributed by atoms with Gasteiger partial charge in [0.25, 0.3) is 0 Å². The van der Waals surface area contributed by atoms with Crippen molar-refractivity contribution in [2.75, 3.05) is 6.54 Å². The van der Waals surface area contributed by atoms with Gasteiger partial charge in [-0.05, 0) is 36.5 Å². The molecule has 0 aromatic rings. The lowest BCUT2D eigenvalue weighted by molar-refractivity contribution is 0.146. The lowest BCUT2D eigenvalue weighted by Gasteiger charge is -2.42. The Hall–Kier alpha value is -0.300. The molecular weight excluding hydrogens is 170 g/mol. The third-order valence-electron chi connectivity index (χ3n) is 4.16. The van der Waals surface area contributed by atoms with Gasteiger partial charge in [-0.2, -0.15) is 0 Å². The van der Waals surface area contributed by atoms with E-state index in [0.717, 1.165) is 17.9 Å². The molecule has 2 rings (SSSR count). The van der Waals surface area contributed by atoms with Crippen LogP contribution in [0.4, 0.5) is 0 Å². The summed E-state index contributed by atoms with van der Waals surface area (Å²) >= 11 is 0. The van der Waals surface area contributed by atoms with E-state index in [-0.39, 0.29) is 0 Å². The molecule has 14 heavy (non-hydrogen) atoms. The number of nitrogens with one attached hydrogen (secondary N) is 1. The van der Waals surface area contributed by atoms with Crippen LogP contribution in [0.2, 0.25) is 0 Å². The minimum atomic E-state index is 0.466. The number of fused-ring (bicyclic) bond motifs is 1. The van der Waals surface area contributed by atoms with E-state index in [1.165, 1.54) is 25.8 Å². The van der Waals surface area contributed by atoms with E-state index in [2.05, 4.69) is 38.2 Å². The first kappa shape index (κ1) is 10.2. The van der Waals surface area contributed by atoms with E-state index in [4.69, 9.17) is 0 Å². The monoisotopic (exact) mass is 193 g/mol. The summed E-state index contributed by atoms with van der Waals surface area (Å²) in [5, 5.41) is 3.73. The Morgan fingerprint density at radius 3 is 2.86 bits per heavy atom. The maximum atomic E-state index is 3.73. The van der Waals surface area contributed by atoms with Gasteiger partial charge >= 0.3 is 0 Å². The van der Waals surface area contributed by atoms with Crippen LogP contribution >= 0.6 is 0 Å². The molecule has 3 atom stereocenters. The van der Waals surface area contributed by atoms with E-state index in [0.29, 0.717) is 5.41 Å². The van der Waals surface area contributed by atoms with Gasteiger partial charge in [0.2, 0.25) is 0 Å². The van der Waals surface area contributed by atoms with Gasteiger partial charge in [-0.25, -0.2) is 0 Å². The Bertz CT molecular complexity index is 229. The summed E-state index contributed by atoms with van der Waals surface area (Å²) in [5.41, 5.74) is 0.466. The van der Waals surface area contributed by atoms with E-state index < -0.39 is 0 Å². The fourth-order valence-electron chi connectivity index (χ4n) is 2.48. The molecule has 0 amide bonds. The Morgan fingerprint density at radius 2 is 2.21 bits per heavy atom. The highest BCUT2D eigenvalue weighted by Crippen LogP contribution is 2.42. The quantitative estimate of drug-likeness (QED) is 0.677. The predicted molar refractivity (Wildman–Crippen MR) is 61.2 cm³/mol. The van der Waals surface area contributed by atoms with Crippen molar-refractivity contribution >= 4 is 0 Å². The van der Waals surface area contributed by atoms with Crippen molar-refractivity contribution in [3.63, 3.8) is 0 Å². The Morgan fingerprint density at radius 1 is 1.43 bits per heavy atom. The summed E-state index contributed by atoms with van der Waals surface area (Å²) in [5.74, 6) is 1.85. The van der Waals surface area contributed by atoms with Crippen molar-refractivity contribution in [3.8, 4) is 0 Å². The highest BCUT2D eigenvalue weighted by atomic mass is 15.0. The highest BCUT2D eigenvalue weighted by molar-refractivity contribution is 5.12. The molecule has 1 saturated carbocycles. The first-order valence-electron chi connectivity index (χ1n) is 6.02. The summed E-state index contributed by atoms with van der Waals surface area (Å²) in [6.07, 6.45) is 8.78. The van der Waals surface area contributed by atoms with Crippen molar-refractivity contribution in [1.82, 2.24) is 5.32 Å². The van der Waals surface area contributed by atoms with Gasteiger partial charge in [-0.15, -0.1) is 0 Å². The van der Waals surface area contributed by atoms with Crippen LogP contribution in [-0.2, 0) is 0 Å². The third kappa shape index (κ3) is 1.88. The van der Waals surface area contributed by atoms with Gasteiger partial charge in [-0.1, -0.05) is 32.9 Å². The second-order valence-corrected chi connectivity index (χ2v) is 5.74. The summed E-state index contributed by atoms with van der Waals surface area (Å²) in [7, 11) is 0. The van der Waals surface area contributed by atoms with Crippen molar-refractivity contribution in [2.24, 2.45) is 17.3 Å². The smallest absolute Gasteiger partial charge is 0.0136 e. The fourth-order valence-corrected chi connectivity index (χ4v) is 2.48. The molecule has 1 nitrogen and oxygen atoms in total. The van der Waals surface area contributed by atoms with Gasteiger partial charge in [-0.3, -0.25) is 0 Å². The molecule has 0 spiro atoms. The second-order valence-electron chi connectivity index (χ2n) is 5.74. The average Bonchev–Trinajstić information content (AvgIpc) is 2.48. The van der Waals surface area contributed by atoms with Crippen molar-refractivity contribution in [3.05, 3.63) is 12.2 Å². The molecule has 0 heterocycles. The van der Waals surface area contributed by atoms with Crippen LogP contribution in [0.15, 0.2) is 12.2 Å². The van der Waals surface area contributed by atoms with Crippen LogP contribution in [0, 0.1) is 17.3 Å². The number of allylic oxidation sites excluding steroid dienone is 1. The molecule has 0 aromatic carbocycles. The standard InChI is InChI=1S/C13H23N/c1-4-13(2,3)9-14-12-8-10-6-5-7-11(10)12/h5,7,10-12,14H,4,6,8-9H2,1-3H3. The number of rotatable bonds is 4. The fraction of sp³-hybridized carbons (Fsp3) is 0.846. The van der Waals surface area contributed by atoms with E-state index in [1.807, 2.05) is 0 Å². The van der Waals surface area contributed by atoms with Crippen LogP contribution in [-0.4, -0.2) is 12.6 Å². The average molecular weight is 193 g/mol. The van der Waals surface area contributed by atoms with Gasteiger partial charge in [0, 0.05) is 12.6 Å². The summed E-state index contributed by atoms with van der Waals surface area (Å²) in [6.45, 7) is 8.15. The molecule has 0 aliphatic heterocycles. The van der Waals surface area contributed by atoms with E-state index >= 15 is 0 Å². The zero-order chi connectivity index (χ0) is 10.2. The second kappa shape index (κ2) is 3.69. The largest absolute Gasteiger partial charge is 0.313 e. The van der Waals surface area contributed by atoms with E-state index in [1.54, 1.807) is 0 Å². The molecule has 2 aliphatic rings. The van der Waals surface area contributed by atoms with Crippen LogP contribution in [0.1, 0.15) is 40.0 Å². The first-order valence-corrected chi connectivity index (χ1v) is 6.02. The van der Waals surface area contributed by atoms with Crippen molar-refractivity contribution in [1.29, 1.82) is 0 Å². The maximum absolute atomic E-state index is 3.73. The minimum Gasteiger partial charge on any atom is -0.313 e. The lowest BCUT2D eigenvalue weighted by atomic mass is 9.71. The van der Waals surface area contributed by atoms with Gasteiger partial charge in [0.15, 0.2) is 0 Å². The zero-order valence-corrected chi connectivity index (χ0v) is 9.72. The molecule has 3 unspecified atom stereocenters. The van der Waals surface area contributed by atoms with Gasteiger partial charge < -0.3 is 5.32 Å². The minimum absolute atomic E-state index is 0.466. The Labute approximate surface area is 88.0 Å². The Balaban J connectivity index is 1.75. The first-order chi connectivity index (χ1) is 6.62. The number of hydrogen-bond acceptors (Lipinski definition) is 1. The van der Waals surface area contributed by atoms with Crippen LogP contribution in [0.25, 0.3) is 0 Å². The molecule has 1 N–H and O–H groups in total. The molecule has 0 bridgehead atoms.